The van der Waals surface area contributed by atoms with E-state index in [9.17, 15) is 9.59 Å². The predicted molar refractivity (Wildman–Crippen MR) is 136 cm³/mol. The van der Waals surface area contributed by atoms with Gasteiger partial charge in [0.15, 0.2) is 6.61 Å². The summed E-state index contributed by atoms with van der Waals surface area (Å²) >= 11 is 0. The van der Waals surface area contributed by atoms with Crippen molar-refractivity contribution in [1.29, 1.82) is 0 Å². The summed E-state index contributed by atoms with van der Waals surface area (Å²) in [5, 5.41) is 5.21. The van der Waals surface area contributed by atoms with Crippen molar-refractivity contribution < 1.29 is 14.3 Å². The molecule has 0 heterocycles. The van der Waals surface area contributed by atoms with Gasteiger partial charge in [-0.1, -0.05) is 86.0 Å². The highest BCUT2D eigenvalue weighted by Gasteiger charge is 2.31. The fourth-order valence-electron chi connectivity index (χ4n) is 4.84. The van der Waals surface area contributed by atoms with Crippen molar-refractivity contribution in [2.75, 3.05) is 6.61 Å². The highest BCUT2D eigenvalue weighted by Crippen LogP contribution is 2.25. The van der Waals surface area contributed by atoms with Gasteiger partial charge in [0.1, 0.15) is 11.8 Å². The summed E-state index contributed by atoms with van der Waals surface area (Å²) < 4.78 is 6.01. The van der Waals surface area contributed by atoms with E-state index in [1.807, 2.05) is 74.5 Å². The van der Waals surface area contributed by atoms with Crippen LogP contribution in [-0.4, -0.2) is 35.4 Å². The van der Waals surface area contributed by atoms with Gasteiger partial charge in [0, 0.05) is 18.0 Å². The molecule has 2 amide bonds. The number of carbonyl (C=O) groups is 2. The first-order valence-electron chi connectivity index (χ1n) is 12.3. The number of hydrogen-bond acceptors (Lipinski definition) is 3. The molecule has 3 aromatic carbocycles. The third-order valence-corrected chi connectivity index (χ3v) is 6.62. The van der Waals surface area contributed by atoms with E-state index in [2.05, 4.69) is 11.4 Å². The Kier molecular flexibility index (Phi) is 7.84. The number of fused-ring (bicyclic) bond motifs is 1. The molecule has 0 bridgehead atoms. The third kappa shape index (κ3) is 5.77. The second-order valence-corrected chi connectivity index (χ2v) is 9.19. The summed E-state index contributed by atoms with van der Waals surface area (Å²) in [6, 6.07) is 21.5. The first-order chi connectivity index (χ1) is 16.5. The van der Waals surface area contributed by atoms with Gasteiger partial charge in [-0.3, -0.25) is 9.59 Å². The lowest BCUT2D eigenvalue weighted by molar-refractivity contribution is -0.143. The second kappa shape index (κ2) is 11.2. The number of aryl methyl sites for hydroxylation is 1. The van der Waals surface area contributed by atoms with Crippen molar-refractivity contribution in [3.63, 3.8) is 0 Å². The second-order valence-electron chi connectivity index (χ2n) is 9.19. The van der Waals surface area contributed by atoms with E-state index in [0.29, 0.717) is 18.7 Å². The molecule has 3 aromatic rings. The highest BCUT2D eigenvalue weighted by atomic mass is 16.5. The predicted octanol–water partition coefficient (Wildman–Crippen LogP) is 5.39. The molecule has 0 saturated heterocycles. The maximum atomic E-state index is 13.5. The van der Waals surface area contributed by atoms with Crippen molar-refractivity contribution in [3.8, 4) is 5.75 Å². The largest absolute Gasteiger partial charge is 0.483 e. The number of rotatable bonds is 9. The summed E-state index contributed by atoms with van der Waals surface area (Å²) in [5.41, 5.74) is 2.13. The van der Waals surface area contributed by atoms with Crippen LogP contribution in [0.5, 0.6) is 5.75 Å². The summed E-state index contributed by atoms with van der Waals surface area (Å²) in [7, 11) is 0. The molecule has 178 valence electrons. The standard InChI is InChI=1S/C29H34N2O3/c1-3-26(29(33)30-24-14-5-6-15-24)31(19-22-11-8-10-21(2)18-22)28(32)20-34-27-17-9-13-23-12-4-7-16-25(23)27/h4,7-13,16-18,24,26H,3,5-6,14-15,19-20H2,1-2H3,(H,30,33)/t26-/m0/s1. The smallest absolute Gasteiger partial charge is 0.261 e. The van der Waals surface area contributed by atoms with Crippen molar-refractivity contribution in [3.05, 3.63) is 77.9 Å². The van der Waals surface area contributed by atoms with Crippen LogP contribution in [0.15, 0.2) is 66.7 Å². The van der Waals surface area contributed by atoms with Gasteiger partial charge in [0.25, 0.3) is 5.91 Å². The van der Waals surface area contributed by atoms with Gasteiger partial charge in [0.2, 0.25) is 5.91 Å². The van der Waals surface area contributed by atoms with Crippen molar-refractivity contribution >= 4 is 22.6 Å². The van der Waals surface area contributed by atoms with Gasteiger partial charge in [-0.2, -0.15) is 0 Å². The average Bonchev–Trinajstić information content (AvgIpc) is 3.35. The Morgan fingerprint density at radius 2 is 1.76 bits per heavy atom. The number of amides is 2. The highest BCUT2D eigenvalue weighted by molar-refractivity contribution is 5.90. The molecule has 1 fully saturated rings. The van der Waals surface area contributed by atoms with Crippen LogP contribution in [-0.2, 0) is 16.1 Å². The quantitative estimate of drug-likeness (QED) is 0.467. The molecule has 1 aliphatic rings. The van der Waals surface area contributed by atoms with E-state index in [-0.39, 0.29) is 24.5 Å². The molecule has 1 atom stereocenters. The van der Waals surface area contributed by atoms with E-state index in [0.717, 1.165) is 47.6 Å². The Morgan fingerprint density at radius 3 is 2.53 bits per heavy atom. The number of ether oxygens (including phenoxy) is 1. The zero-order valence-electron chi connectivity index (χ0n) is 20.1. The first kappa shape index (κ1) is 23.8. The molecule has 0 unspecified atom stereocenters. The van der Waals surface area contributed by atoms with Crippen LogP contribution in [0.3, 0.4) is 0 Å². The minimum atomic E-state index is -0.537. The van der Waals surface area contributed by atoms with Gasteiger partial charge in [0.05, 0.1) is 0 Å². The van der Waals surface area contributed by atoms with Crippen molar-refractivity contribution in [1.82, 2.24) is 10.2 Å². The van der Waals surface area contributed by atoms with Crippen LogP contribution in [0.2, 0.25) is 0 Å². The zero-order chi connectivity index (χ0) is 23.9. The van der Waals surface area contributed by atoms with E-state index in [1.54, 1.807) is 4.90 Å². The molecule has 0 aromatic heterocycles. The molecule has 4 rings (SSSR count). The molecular weight excluding hydrogens is 424 g/mol. The minimum Gasteiger partial charge on any atom is -0.483 e. The Bertz CT molecular complexity index is 1130. The van der Waals surface area contributed by atoms with E-state index >= 15 is 0 Å². The summed E-state index contributed by atoms with van der Waals surface area (Å²) in [4.78, 5) is 28.4. The molecule has 5 nitrogen and oxygen atoms in total. The Hall–Kier alpha value is -3.34. The molecule has 0 spiro atoms. The van der Waals surface area contributed by atoms with E-state index < -0.39 is 6.04 Å². The number of benzene rings is 3. The van der Waals surface area contributed by atoms with Crippen LogP contribution in [0, 0.1) is 6.92 Å². The van der Waals surface area contributed by atoms with E-state index in [1.165, 1.54) is 0 Å². The van der Waals surface area contributed by atoms with Gasteiger partial charge in [-0.25, -0.2) is 0 Å². The van der Waals surface area contributed by atoms with Crippen LogP contribution >= 0.6 is 0 Å². The molecule has 0 aliphatic heterocycles. The molecular formula is C29H34N2O3. The average molecular weight is 459 g/mol. The maximum absolute atomic E-state index is 13.5. The molecule has 0 radical (unpaired) electrons. The molecule has 1 N–H and O–H groups in total. The van der Waals surface area contributed by atoms with Crippen LogP contribution in [0.1, 0.15) is 50.2 Å². The Morgan fingerprint density at radius 1 is 1.03 bits per heavy atom. The van der Waals surface area contributed by atoms with Gasteiger partial charge in [-0.05, 0) is 43.2 Å². The SMILES string of the molecule is CC[C@@H](C(=O)NC1CCCC1)N(Cc1cccc(C)c1)C(=O)COc1cccc2ccccc12. The van der Waals surface area contributed by atoms with Gasteiger partial charge in [-0.15, -0.1) is 0 Å². The van der Waals surface area contributed by atoms with Gasteiger partial charge >= 0.3 is 0 Å². The van der Waals surface area contributed by atoms with Crippen LogP contribution in [0.25, 0.3) is 10.8 Å². The maximum Gasteiger partial charge on any atom is 0.261 e. The molecule has 34 heavy (non-hydrogen) atoms. The molecule has 5 heteroatoms. The van der Waals surface area contributed by atoms with Crippen LogP contribution in [0.4, 0.5) is 0 Å². The van der Waals surface area contributed by atoms with Crippen molar-refractivity contribution in [2.45, 2.75) is 64.6 Å². The number of nitrogens with zero attached hydrogens (tertiary/aromatic N) is 1. The summed E-state index contributed by atoms with van der Waals surface area (Å²) in [6.45, 7) is 4.24. The molecule has 1 saturated carbocycles. The monoisotopic (exact) mass is 458 g/mol. The third-order valence-electron chi connectivity index (χ3n) is 6.62. The lowest BCUT2D eigenvalue weighted by Crippen LogP contribution is -2.52. The number of carbonyl (C=O) groups excluding carboxylic acids is 2. The van der Waals surface area contributed by atoms with E-state index in [4.69, 9.17) is 4.74 Å². The topological polar surface area (TPSA) is 58.6 Å². The lowest BCUT2D eigenvalue weighted by atomic mass is 10.1. The fraction of sp³-hybridized carbons (Fsp3) is 0.379. The minimum absolute atomic E-state index is 0.0689. The van der Waals surface area contributed by atoms with Crippen LogP contribution < -0.4 is 10.1 Å². The van der Waals surface area contributed by atoms with Gasteiger partial charge < -0.3 is 15.0 Å². The normalized spacial score (nSPS) is 14.6. The molecule has 1 aliphatic carbocycles. The number of hydrogen-bond donors (Lipinski definition) is 1. The Labute approximate surface area is 202 Å². The zero-order valence-corrected chi connectivity index (χ0v) is 20.1. The first-order valence-corrected chi connectivity index (χ1v) is 12.3. The fourth-order valence-corrected chi connectivity index (χ4v) is 4.84. The number of nitrogens with one attached hydrogen (secondary N) is 1. The Balaban J connectivity index is 1.54. The summed E-state index contributed by atoms with van der Waals surface area (Å²) in [5.74, 6) is 0.411. The van der Waals surface area contributed by atoms with Crippen molar-refractivity contribution in [2.24, 2.45) is 0 Å². The lowest BCUT2D eigenvalue weighted by Gasteiger charge is -2.31. The summed E-state index contributed by atoms with van der Waals surface area (Å²) in [6.07, 6.45) is 4.86.